The largest absolute Gasteiger partial charge is 0.343 e. The molecule has 10 heteroatoms. The second-order valence-corrected chi connectivity index (χ2v) is 9.17. The number of carbonyl (C=O) groups excluding carboxylic acids is 2. The van der Waals surface area contributed by atoms with E-state index in [4.69, 9.17) is 0 Å². The van der Waals surface area contributed by atoms with Gasteiger partial charge in [0.15, 0.2) is 9.84 Å². The molecule has 0 saturated carbocycles. The highest BCUT2D eigenvalue weighted by atomic mass is 32.2. The van der Waals surface area contributed by atoms with Crippen molar-refractivity contribution in [3.63, 3.8) is 0 Å². The lowest BCUT2D eigenvalue weighted by atomic mass is 10.2. The summed E-state index contributed by atoms with van der Waals surface area (Å²) in [6, 6.07) is 6.43. The average molecular weight is 408 g/mol. The first-order valence-corrected chi connectivity index (χ1v) is 11.0. The first-order valence-electron chi connectivity index (χ1n) is 9.20. The summed E-state index contributed by atoms with van der Waals surface area (Å²) in [6.07, 6.45) is 0. The monoisotopic (exact) mass is 408 g/mol. The van der Waals surface area contributed by atoms with Gasteiger partial charge in [0.05, 0.1) is 22.5 Å². The van der Waals surface area contributed by atoms with E-state index in [1.54, 1.807) is 23.6 Å². The molecule has 1 fully saturated rings. The topological polar surface area (TPSA) is 110 Å². The van der Waals surface area contributed by atoms with Crippen molar-refractivity contribution in [3.8, 4) is 0 Å². The normalized spacial score (nSPS) is 17.4. The molecule has 2 aromatic rings. The number of hydrogen-bond donors (Lipinski definition) is 1. The van der Waals surface area contributed by atoms with E-state index in [0.29, 0.717) is 12.1 Å². The maximum Gasteiger partial charge on any atom is 0.329 e. The predicted octanol–water partition coefficient (Wildman–Crippen LogP) is -0.415. The third kappa shape index (κ3) is 3.96. The van der Waals surface area contributed by atoms with Gasteiger partial charge in [0.1, 0.15) is 12.6 Å². The minimum absolute atomic E-state index is 0.0642. The van der Waals surface area contributed by atoms with E-state index >= 15 is 0 Å². The molecular formula is C18H24N4O5S. The number of nitrogens with zero attached hydrogens (tertiary/aromatic N) is 3. The number of carbonyl (C=O) groups is 2. The number of amides is 2. The van der Waals surface area contributed by atoms with E-state index in [9.17, 15) is 22.8 Å². The lowest BCUT2D eigenvalue weighted by molar-refractivity contribution is -0.135. The van der Waals surface area contributed by atoms with E-state index in [1.807, 2.05) is 19.1 Å². The smallest absolute Gasteiger partial charge is 0.329 e. The zero-order chi connectivity index (χ0) is 20.5. The van der Waals surface area contributed by atoms with E-state index in [0.717, 1.165) is 5.52 Å². The molecule has 0 bridgehead atoms. The summed E-state index contributed by atoms with van der Waals surface area (Å²) in [6.45, 7) is 3.97. The average Bonchev–Trinajstić information content (AvgIpc) is 2.92. The molecular weight excluding hydrogens is 384 g/mol. The maximum absolute atomic E-state index is 12.6. The molecule has 2 amide bonds. The summed E-state index contributed by atoms with van der Waals surface area (Å²) in [5.74, 6) is -0.908. The van der Waals surface area contributed by atoms with Crippen LogP contribution in [0.4, 0.5) is 0 Å². The van der Waals surface area contributed by atoms with Gasteiger partial charge in [0.25, 0.3) is 0 Å². The van der Waals surface area contributed by atoms with Crippen molar-refractivity contribution in [3.05, 3.63) is 34.7 Å². The van der Waals surface area contributed by atoms with Crippen LogP contribution in [0, 0.1) is 0 Å². The number of imidazole rings is 1. The van der Waals surface area contributed by atoms with Crippen LogP contribution in [0.5, 0.6) is 0 Å². The molecule has 3 rings (SSSR count). The Morgan fingerprint density at radius 3 is 2.25 bits per heavy atom. The number of benzene rings is 1. The van der Waals surface area contributed by atoms with Crippen LogP contribution in [0.2, 0.25) is 0 Å². The van der Waals surface area contributed by atoms with Crippen LogP contribution in [-0.4, -0.2) is 64.9 Å². The molecule has 9 nitrogen and oxygen atoms in total. The van der Waals surface area contributed by atoms with Crippen molar-refractivity contribution in [2.45, 2.75) is 33.0 Å². The standard InChI is InChI=1S/C18H24N4O5S/c1-3-21-14-6-4-5-7-15(14)22(18(21)25)12-16(23)19-13(2)17(24)20-8-10-28(26,27)11-9-20/h4-7,13H,3,8-12H2,1-2H3,(H,19,23). The van der Waals surface area contributed by atoms with E-state index in [1.165, 1.54) is 9.47 Å². The summed E-state index contributed by atoms with van der Waals surface area (Å²) in [5.41, 5.74) is 1.13. The molecule has 1 aromatic heterocycles. The van der Waals surface area contributed by atoms with E-state index < -0.39 is 21.8 Å². The fourth-order valence-electron chi connectivity index (χ4n) is 3.43. The first-order chi connectivity index (χ1) is 13.2. The Morgan fingerprint density at radius 1 is 1.11 bits per heavy atom. The van der Waals surface area contributed by atoms with Gasteiger partial charge in [-0.1, -0.05) is 12.1 Å². The summed E-state index contributed by atoms with van der Waals surface area (Å²) < 4.78 is 26.0. The van der Waals surface area contributed by atoms with Crippen molar-refractivity contribution in [1.82, 2.24) is 19.4 Å². The summed E-state index contributed by atoms with van der Waals surface area (Å²) in [4.78, 5) is 39.0. The van der Waals surface area contributed by atoms with E-state index in [-0.39, 0.29) is 42.7 Å². The Balaban J connectivity index is 1.69. The summed E-state index contributed by atoms with van der Waals surface area (Å²) in [7, 11) is -3.09. The van der Waals surface area contributed by atoms with Crippen LogP contribution in [0.15, 0.2) is 29.1 Å². The molecule has 1 saturated heterocycles. The number of aryl methyl sites for hydroxylation is 1. The predicted molar refractivity (Wildman–Crippen MR) is 105 cm³/mol. The molecule has 1 N–H and O–H groups in total. The number of aromatic nitrogens is 2. The second-order valence-electron chi connectivity index (χ2n) is 6.87. The molecule has 1 atom stereocenters. The van der Waals surface area contributed by atoms with Gasteiger partial charge in [0, 0.05) is 19.6 Å². The molecule has 1 unspecified atom stereocenters. The van der Waals surface area contributed by atoms with Gasteiger partial charge in [-0.2, -0.15) is 0 Å². The first kappa shape index (κ1) is 20.1. The summed E-state index contributed by atoms with van der Waals surface area (Å²) in [5, 5.41) is 2.62. The van der Waals surface area contributed by atoms with Gasteiger partial charge >= 0.3 is 5.69 Å². The zero-order valence-corrected chi connectivity index (χ0v) is 16.7. The zero-order valence-electron chi connectivity index (χ0n) is 15.9. The van der Waals surface area contributed by atoms with Crippen LogP contribution in [0.1, 0.15) is 13.8 Å². The lowest BCUT2D eigenvalue weighted by Crippen LogP contribution is -2.52. The SMILES string of the molecule is CCn1c(=O)n(CC(=O)NC(C)C(=O)N2CCS(=O)(=O)CC2)c2ccccc21. The fourth-order valence-corrected chi connectivity index (χ4v) is 4.63. The van der Waals surface area contributed by atoms with Crippen LogP contribution >= 0.6 is 0 Å². The van der Waals surface area contributed by atoms with Crippen molar-refractivity contribution in [2.24, 2.45) is 0 Å². The van der Waals surface area contributed by atoms with Gasteiger partial charge in [-0.05, 0) is 26.0 Å². The van der Waals surface area contributed by atoms with Gasteiger partial charge in [-0.3, -0.25) is 18.7 Å². The van der Waals surface area contributed by atoms with Crippen LogP contribution < -0.4 is 11.0 Å². The highest BCUT2D eigenvalue weighted by Gasteiger charge is 2.28. The number of nitrogens with one attached hydrogen (secondary N) is 1. The number of para-hydroxylation sites is 2. The quantitative estimate of drug-likeness (QED) is 0.723. The van der Waals surface area contributed by atoms with Crippen LogP contribution in [-0.2, 0) is 32.5 Å². The number of sulfone groups is 1. The van der Waals surface area contributed by atoms with Gasteiger partial charge in [-0.15, -0.1) is 0 Å². The van der Waals surface area contributed by atoms with E-state index in [2.05, 4.69) is 5.32 Å². The Bertz CT molecular complexity index is 1060. The van der Waals surface area contributed by atoms with Gasteiger partial charge < -0.3 is 10.2 Å². The molecule has 0 radical (unpaired) electrons. The van der Waals surface area contributed by atoms with Crippen LogP contribution in [0.3, 0.4) is 0 Å². The van der Waals surface area contributed by atoms with Crippen molar-refractivity contribution < 1.29 is 18.0 Å². The molecule has 2 heterocycles. The van der Waals surface area contributed by atoms with Gasteiger partial charge in [0.2, 0.25) is 11.8 Å². The molecule has 1 aromatic carbocycles. The Kier molecular flexibility index (Phi) is 5.59. The number of hydrogen-bond acceptors (Lipinski definition) is 5. The minimum atomic E-state index is -3.09. The lowest BCUT2D eigenvalue weighted by Gasteiger charge is -2.29. The maximum atomic E-state index is 12.6. The molecule has 1 aliphatic heterocycles. The Labute approximate surface area is 162 Å². The number of rotatable bonds is 5. The second kappa shape index (κ2) is 7.78. The molecule has 28 heavy (non-hydrogen) atoms. The Morgan fingerprint density at radius 2 is 1.68 bits per heavy atom. The fraction of sp³-hybridized carbons (Fsp3) is 0.500. The highest BCUT2D eigenvalue weighted by Crippen LogP contribution is 2.12. The molecule has 1 aliphatic rings. The van der Waals surface area contributed by atoms with Crippen LogP contribution in [0.25, 0.3) is 11.0 Å². The molecule has 0 aliphatic carbocycles. The number of fused-ring (bicyclic) bond motifs is 1. The third-order valence-electron chi connectivity index (χ3n) is 4.95. The summed E-state index contributed by atoms with van der Waals surface area (Å²) >= 11 is 0. The molecule has 0 spiro atoms. The third-order valence-corrected chi connectivity index (χ3v) is 6.56. The highest BCUT2D eigenvalue weighted by molar-refractivity contribution is 7.91. The Hall–Kier alpha value is -2.62. The minimum Gasteiger partial charge on any atom is -0.343 e. The van der Waals surface area contributed by atoms with Crippen molar-refractivity contribution >= 4 is 32.7 Å². The van der Waals surface area contributed by atoms with Crippen molar-refractivity contribution in [1.29, 1.82) is 0 Å². The molecule has 152 valence electrons. The van der Waals surface area contributed by atoms with Crippen molar-refractivity contribution in [2.75, 3.05) is 24.6 Å². The van der Waals surface area contributed by atoms with Gasteiger partial charge in [-0.25, -0.2) is 13.2 Å².